The van der Waals surface area contributed by atoms with Crippen LogP contribution in [-0.2, 0) is 6.54 Å². The first-order valence-electron chi connectivity index (χ1n) is 10.7. The first-order valence-corrected chi connectivity index (χ1v) is 10.7. The summed E-state index contributed by atoms with van der Waals surface area (Å²) in [5.41, 5.74) is 1.92. The van der Waals surface area contributed by atoms with Crippen LogP contribution in [0.4, 0.5) is 0 Å². The van der Waals surface area contributed by atoms with Gasteiger partial charge in [-0.25, -0.2) is 0 Å². The molecule has 0 saturated carbocycles. The number of benzene rings is 2. The summed E-state index contributed by atoms with van der Waals surface area (Å²) in [6, 6.07) is 20.6. The second kappa shape index (κ2) is 9.19. The molecular weight excluding hydrogens is 358 g/mol. The number of fused-ring (bicyclic) bond motifs is 1. The van der Waals surface area contributed by atoms with Crippen molar-refractivity contribution in [1.82, 2.24) is 14.8 Å². The van der Waals surface area contributed by atoms with E-state index in [0.717, 1.165) is 54.6 Å². The van der Waals surface area contributed by atoms with Crippen LogP contribution >= 0.6 is 0 Å². The quantitative estimate of drug-likeness (QED) is 0.612. The minimum absolute atomic E-state index is 0.154. The van der Waals surface area contributed by atoms with Crippen LogP contribution in [0.3, 0.4) is 0 Å². The van der Waals surface area contributed by atoms with Crippen molar-refractivity contribution in [3.8, 4) is 0 Å². The molecule has 4 rings (SSSR count). The molecule has 1 aromatic heterocycles. The van der Waals surface area contributed by atoms with Crippen LogP contribution in [0.5, 0.6) is 0 Å². The maximum Gasteiger partial charge on any atom is 0.254 e. The summed E-state index contributed by atoms with van der Waals surface area (Å²) < 4.78 is 0. The monoisotopic (exact) mass is 387 g/mol. The second-order valence-corrected chi connectivity index (χ2v) is 7.87. The van der Waals surface area contributed by atoms with Crippen LogP contribution in [0.15, 0.2) is 66.9 Å². The van der Waals surface area contributed by atoms with Gasteiger partial charge < -0.3 is 4.90 Å². The fraction of sp³-hybridized carbons (Fsp3) is 0.360. The van der Waals surface area contributed by atoms with Gasteiger partial charge in [0.2, 0.25) is 0 Å². The number of piperazine rings is 1. The predicted molar refractivity (Wildman–Crippen MR) is 118 cm³/mol. The molecule has 0 N–H and O–H groups in total. The Morgan fingerprint density at radius 1 is 1.03 bits per heavy atom. The van der Waals surface area contributed by atoms with E-state index in [1.807, 2.05) is 42.6 Å². The molecule has 1 aliphatic heterocycles. The van der Waals surface area contributed by atoms with Crippen molar-refractivity contribution in [2.45, 2.75) is 38.8 Å². The molecule has 4 nitrogen and oxygen atoms in total. The summed E-state index contributed by atoms with van der Waals surface area (Å²) in [7, 11) is 0. The van der Waals surface area contributed by atoms with Gasteiger partial charge in [0.25, 0.3) is 5.91 Å². The summed E-state index contributed by atoms with van der Waals surface area (Å²) in [5.74, 6) is 0.154. The van der Waals surface area contributed by atoms with E-state index in [1.54, 1.807) is 0 Å². The van der Waals surface area contributed by atoms with Gasteiger partial charge in [-0.3, -0.25) is 14.7 Å². The van der Waals surface area contributed by atoms with Crippen molar-refractivity contribution in [1.29, 1.82) is 0 Å². The number of pyridine rings is 1. The molecule has 0 unspecified atom stereocenters. The van der Waals surface area contributed by atoms with E-state index in [0.29, 0.717) is 6.04 Å². The molecule has 0 bridgehead atoms. The van der Waals surface area contributed by atoms with Gasteiger partial charge in [-0.1, -0.05) is 62.2 Å². The molecule has 1 amide bonds. The maximum absolute atomic E-state index is 13.4. The van der Waals surface area contributed by atoms with Crippen LogP contribution < -0.4 is 0 Å². The Morgan fingerprint density at radius 3 is 2.69 bits per heavy atom. The van der Waals surface area contributed by atoms with Gasteiger partial charge in [0.1, 0.15) is 0 Å². The largest absolute Gasteiger partial charge is 0.336 e. The van der Waals surface area contributed by atoms with Crippen molar-refractivity contribution in [2.75, 3.05) is 19.6 Å². The van der Waals surface area contributed by atoms with Crippen molar-refractivity contribution in [3.05, 3.63) is 78.1 Å². The van der Waals surface area contributed by atoms with E-state index in [9.17, 15) is 4.79 Å². The van der Waals surface area contributed by atoms with Crippen molar-refractivity contribution < 1.29 is 4.79 Å². The summed E-state index contributed by atoms with van der Waals surface area (Å²) in [5, 5.41) is 2.16. The molecule has 3 aromatic rings. The van der Waals surface area contributed by atoms with Crippen molar-refractivity contribution in [2.24, 2.45) is 0 Å². The Hall–Kier alpha value is -2.72. The van der Waals surface area contributed by atoms with Gasteiger partial charge in [-0.05, 0) is 35.4 Å². The number of carbonyl (C=O) groups excluding carboxylic acids is 1. The van der Waals surface area contributed by atoms with E-state index in [-0.39, 0.29) is 5.91 Å². The summed E-state index contributed by atoms with van der Waals surface area (Å²) in [4.78, 5) is 22.5. The molecule has 0 spiro atoms. The first-order chi connectivity index (χ1) is 14.3. The molecule has 1 fully saturated rings. The predicted octanol–water partition coefficient (Wildman–Crippen LogP) is 4.75. The van der Waals surface area contributed by atoms with Crippen LogP contribution in [0.1, 0.15) is 42.2 Å². The molecule has 150 valence electrons. The molecule has 0 aliphatic carbocycles. The lowest BCUT2D eigenvalue weighted by molar-refractivity contribution is 0.0432. The molecule has 4 heteroatoms. The van der Waals surface area contributed by atoms with Gasteiger partial charge in [0.15, 0.2) is 0 Å². The van der Waals surface area contributed by atoms with E-state index >= 15 is 0 Å². The molecule has 2 heterocycles. The summed E-state index contributed by atoms with van der Waals surface area (Å²) in [6.07, 6.45) is 5.32. The standard InChI is InChI=1S/C25H29N3O/c1-2-3-12-22-19-28(17-16-27(22)18-21-11-6-7-15-26-21)25(29)24-14-8-10-20-9-4-5-13-23(20)24/h4-11,13-15,22H,2-3,12,16-19H2,1H3/t22-/m0/s1. The van der Waals surface area contributed by atoms with Crippen LogP contribution in [0.2, 0.25) is 0 Å². The zero-order chi connectivity index (χ0) is 20.1. The van der Waals surface area contributed by atoms with Gasteiger partial charge >= 0.3 is 0 Å². The van der Waals surface area contributed by atoms with Crippen molar-refractivity contribution in [3.63, 3.8) is 0 Å². The number of rotatable bonds is 6. The molecule has 2 aromatic carbocycles. The summed E-state index contributed by atoms with van der Waals surface area (Å²) in [6.45, 7) is 5.52. The van der Waals surface area contributed by atoms with Gasteiger partial charge in [-0.15, -0.1) is 0 Å². The molecule has 29 heavy (non-hydrogen) atoms. The molecular formula is C25H29N3O. The number of amides is 1. The minimum atomic E-state index is 0.154. The van der Waals surface area contributed by atoms with E-state index in [4.69, 9.17) is 0 Å². The highest BCUT2D eigenvalue weighted by Gasteiger charge is 2.30. The third-order valence-corrected chi connectivity index (χ3v) is 5.89. The smallest absolute Gasteiger partial charge is 0.254 e. The molecule has 1 atom stereocenters. The number of nitrogens with zero attached hydrogens (tertiary/aromatic N) is 3. The highest BCUT2D eigenvalue weighted by Crippen LogP contribution is 2.23. The lowest BCUT2D eigenvalue weighted by atomic mass is 10.0. The first kappa shape index (κ1) is 19.6. The highest BCUT2D eigenvalue weighted by molar-refractivity contribution is 6.07. The Morgan fingerprint density at radius 2 is 1.86 bits per heavy atom. The third kappa shape index (κ3) is 4.48. The Kier molecular flexibility index (Phi) is 6.20. The van der Waals surface area contributed by atoms with Crippen molar-refractivity contribution >= 4 is 16.7 Å². The lowest BCUT2D eigenvalue weighted by Gasteiger charge is -2.41. The second-order valence-electron chi connectivity index (χ2n) is 7.87. The molecule has 0 radical (unpaired) electrons. The normalized spacial score (nSPS) is 17.6. The summed E-state index contributed by atoms with van der Waals surface area (Å²) >= 11 is 0. The average Bonchev–Trinajstić information content (AvgIpc) is 2.78. The fourth-order valence-corrected chi connectivity index (χ4v) is 4.28. The number of hydrogen-bond donors (Lipinski definition) is 0. The van der Waals surface area contributed by atoms with Crippen LogP contribution in [0.25, 0.3) is 10.8 Å². The number of carbonyl (C=O) groups is 1. The molecule has 1 saturated heterocycles. The van der Waals surface area contributed by atoms with Gasteiger partial charge in [0.05, 0.1) is 5.69 Å². The van der Waals surface area contributed by atoms with Crippen LogP contribution in [-0.4, -0.2) is 46.4 Å². The number of unbranched alkanes of at least 4 members (excludes halogenated alkanes) is 1. The zero-order valence-corrected chi connectivity index (χ0v) is 17.1. The van der Waals surface area contributed by atoms with E-state index < -0.39 is 0 Å². The van der Waals surface area contributed by atoms with Gasteiger partial charge in [0, 0.05) is 44.0 Å². The lowest BCUT2D eigenvalue weighted by Crippen LogP contribution is -2.54. The number of hydrogen-bond acceptors (Lipinski definition) is 3. The zero-order valence-electron chi connectivity index (χ0n) is 17.1. The van der Waals surface area contributed by atoms with E-state index in [1.165, 1.54) is 12.8 Å². The average molecular weight is 388 g/mol. The number of aromatic nitrogens is 1. The van der Waals surface area contributed by atoms with E-state index in [2.05, 4.69) is 46.0 Å². The topological polar surface area (TPSA) is 36.4 Å². The Labute approximate surface area is 173 Å². The van der Waals surface area contributed by atoms with Gasteiger partial charge in [-0.2, -0.15) is 0 Å². The Bertz CT molecular complexity index is 951. The third-order valence-electron chi connectivity index (χ3n) is 5.89. The fourth-order valence-electron chi connectivity index (χ4n) is 4.28. The Balaban J connectivity index is 1.52. The highest BCUT2D eigenvalue weighted by atomic mass is 16.2. The van der Waals surface area contributed by atoms with Crippen LogP contribution in [0, 0.1) is 0 Å². The molecule has 1 aliphatic rings. The minimum Gasteiger partial charge on any atom is -0.336 e. The SMILES string of the molecule is CCCC[C@H]1CN(C(=O)c2cccc3ccccc23)CCN1Cc1ccccn1. The maximum atomic E-state index is 13.4.